The van der Waals surface area contributed by atoms with Gasteiger partial charge in [0.1, 0.15) is 0 Å². The Labute approximate surface area is 155 Å². The molecule has 0 atom stereocenters. The maximum absolute atomic E-state index is 12.1. The summed E-state index contributed by atoms with van der Waals surface area (Å²) < 4.78 is 10.9. The SMILES string of the molecule is C=CCc1ccc(OCC(=O)NCc2cccc(N(C)C)c2)c(OC)c1. The topological polar surface area (TPSA) is 50.8 Å². The fraction of sp³-hybridized carbons (Fsp3) is 0.286. The molecule has 5 heteroatoms. The maximum atomic E-state index is 12.1. The van der Waals surface area contributed by atoms with Gasteiger partial charge in [-0.3, -0.25) is 4.79 Å². The second kappa shape index (κ2) is 9.51. The summed E-state index contributed by atoms with van der Waals surface area (Å²) in [7, 11) is 5.55. The van der Waals surface area contributed by atoms with Gasteiger partial charge in [0.05, 0.1) is 7.11 Å². The van der Waals surface area contributed by atoms with Crippen LogP contribution in [-0.4, -0.2) is 33.7 Å². The Balaban J connectivity index is 1.89. The van der Waals surface area contributed by atoms with Crippen molar-refractivity contribution < 1.29 is 14.3 Å². The van der Waals surface area contributed by atoms with E-state index in [0.717, 1.165) is 23.2 Å². The maximum Gasteiger partial charge on any atom is 0.258 e. The van der Waals surface area contributed by atoms with E-state index >= 15 is 0 Å². The first-order chi connectivity index (χ1) is 12.5. The zero-order valence-corrected chi connectivity index (χ0v) is 15.6. The molecule has 0 aliphatic rings. The number of ether oxygens (including phenoxy) is 2. The molecule has 0 unspecified atom stereocenters. The first-order valence-electron chi connectivity index (χ1n) is 8.47. The lowest BCUT2D eigenvalue weighted by Gasteiger charge is -2.14. The van der Waals surface area contributed by atoms with Gasteiger partial charge in [0.15, 0.2) is 18.1 Å². The summed E-state index contributed by atoms with van der Waals surface area (Å²) in [6, 6.07) is 13.7. The highest BCUT2D eigenvalue weighted by Gasteiger charge is 2.09. The summed E-state index contributed by atoms with van der Waals surface area (Å²) in [5.74, 6) is 0.971. The van der Waals surface area contributed by atoms with E-state index in [1.165, 1.54) is 0 Å². The number of hydrogen-bond acceptors (Lipinski definition) is 4. The highest BCUT2D eigenvalue weighted by molar-refractivity contribution is 5.77. The number of carbonyl (C=O) groups is 1. The largest absolute Gasteiger partial charge is 0.493 e. The summed E-state index contributed by atoms with van der Waals surface area (Å²) >= 11 is 0. The quantitative estimate of drug-likeness (QED) is 0.703. The van der Waals surface area contributed by atoms with Crippen LogP contribution in [0.5, 0.6) is 11.5 Å². The summed E-state index contributed by atoms with van der Waals surface area (Å²) in [6.45, 7) is 4.12. The molecule has 5 nitrogen and oxygen atoms in total. The monoisotopic (exact) mass is 354 g/mol. The molecule has 2 rings (SSSR count). The van der Waals surface area contributed by atoms with Crippen LogP contribution in [0.2, 0.25) is 0 Å². The van der Waals surface area contributed by atoms with Crippen molar-refractivity contribution in [1.29, 1.82) is 0 Å². The minimum Gasteiger partial charge on any atom is -0.493 e. The van der Waals surface area contributed by atoms with E-state index in [1.54, 1.807) is 7.11 Å². The predicted octanol–water partition coefficient (Wildman–Crippen LogP) is 3.18. The molecule has 26 heavy (non-hydrogen) atoms. The van der Waals surface area contributed by atoms with Crippen molar-refractivity contribution in [3.8, 4) is 11.5 Å². The minimum absolute atomic E-state index is 0.0649. The third kappa shape index (κ3) is 5.55. The van der Waals surface area contributed by atoms with Gasteiger partial charge in [-0.15, -0.1) is 6.58 Å². The first kappa shape index (κ1) is 19.4. The first-order valence-corrected chi connectivity index (χ1v) is 8.47. The lowest BCUT2D eigenvalue weighted by molar-refractivity contribution is -0.123. The van der Waals surface area contributed by atoms with Crippen molar-refractivity contribution >= 4 is 11.6 Å². The Bertz CT molecular complexity index is 757. The molecule has 2 aromatic rings. The molecule has 0 aromatic heterocycles. The number of rotatable bonds is 9. The molecular formula is C21H26N2O3. The van der Waals surface area contributed by atoms with E-state index in [0.29, 0.717) is 18.0 Å². The highest BCUT2D eigenvalue weighted by Crippen LogP contribution is 2.28. The number of hydrogen-bond donors (Lipinski definition) is 1. The Kier molecular flexibility index (Phi) is 7.09. The Morgan fingerprint density at radius 2 is 1.96 bits per heavy atom. The van der Waals surface area contributed by atoms with Crippen LogP contribution < -0.4 is 19.7 Å². The van der Waals surface area contributed by atoms with Crippen molar-refractivity contribution in [3.63, 3.8) is 0 Å². The van der Waals surface area contributed by atoms with Crippen LogP contribution in [0.1, 0.15) is 11.1 Å². The van der Waals surface area contributed by atoms with Crippen molar-refractivity contribution in [2.45, 2.75) is 13.0 Å². The zero-order valence-electron chi connectivity index (χ0n) is 15.6. The molecule has 1 amide bonds. The van der Waals surface area contributed by atoms with Gasteiger partial charge in [0, 0.05) is 26.3 Å². The Hall–Kier alpha value is -2.95. The van der Waals surface area contributed by atoms with Crippen LogP contribution >= 0.6 is 0 Å². The number of amides is 1. The normalized spacial score (nSPS) is 10.1. The molecule has 2 aromatic carbocycles. The Morgan fingerprint density at radius 3 is 2.65 bits per heavy atom. The second-order valence-corrected chi connectivity index (χ2v) is 6.11. The van der Waals surface area contributed by atoms with Gasteiger partial charge in [-0.25, -0.2) is 0 Å². The molecular weight excluding hydrogens is 328 g/mol. The number of allylic oxidation sites excluding steroid dienone is 1. The second-order valence-electron chi connectivity index (χ2n) is 6.11. The smallest absolute Gasteiger partial charge is 0.258 e. The molecule has 138 valence electrons. The summed E-state index contributed by atoms with van der Waals surface area (Å²) in [6.07, 6.45) is 2.58. The van der Waals surface area contributed by atoms with Crippen molar-refractivity contribution in [3.05, 3.63) is 66.2 Å². The van der Waals surface area contributed by atoms with Gasteiger partial charge < -0.3 is 19.7 Å². The molecule has 1 N–H and O–H groups in total. The van der Waals surface area contributed by atoms with E-state index in [2.05, 4.69) is 11.9 Å². The van der Waals surface area contributed by atoms with Crippen LogP contribution in [0.3, 0.4) is 0 Å². The molecule has 0 heterocycles. The number of benzene rings is 2. The minimum atomic E-state index is -0.183. The fourth-order valence-corrected chi connectivity index (χ4v) is 2.46. The summed E-state index contributed by atoms with van der Waals surface area (Å²) in [5, 5.41) is 2.87. The average Bonchev–Trinajstić information content (AvgIpc) is 2.65. The van der Waals surface area contributed by atoms with Crippen LogP contribution in [0.15, 0.2) is 55.1 Å². The van der Waals surface area contributed by atoms with Crippen LogP contribution in [0.4, 0.5) is 5.69 Å². The van der Waals surface area contributed by atoms with E-state index in [4.69, 9.17) is 9.47 Å². The van der Waals surface area contributed by atoms with Crippen LogP contribution in [0, 0.1) is 0 Å². The van der Waals surface area contributed by atoms with Gasteiger partial charge in [-0.1, -0.05) is 24.3 Å². The van der Waals surface area contributed by atoms with Crippen LogP contribution in [0.25, 0.3) is 0 Å². The lowest BCUT2D eigenvalue weighted by atomic mass is 10.1. The summed E-state index contributed by atoms with van der Waals surface area (Å²) in [5.41, 5.74) is 3.21. The number of carbonyl (C=O) groups excluding carboxylic acids is 1. The molecule has 0 spiro atoms. The standard InChI is InChI=1S/C21H26N2O3/c1-5-7-16-10-11-19(20(13-16)25-4)26-15-21(24)22-14-17-8-6-9-18(12-17)23(2)3/h5-6,8-13H,1,7,14-15H2,2-4H3,(H,22,24). The molecule has 0 fully saturated rings. The zero-order chi connectivity index (χ0) is 18.9. The van der Waals surface area contributed by atoms with Gasteiger partial charge in [0.25, 0.3) is 5.91 Å². The van der Waals surface area contributed by atoms with E-state index in [9.17, 15) is 4.79 Å². The third-order valence-corrected chi connectivity index (χ3v) is 3.88. The number of nitrogens with zero attached hydrogens (tertiary/aromatic N) is 1. The van der Waals surface area contributed by atoms with Gasteiger partial charge in [-0.2, -0.15) is 0 Å². The van der Waals surface area contributed by atoms with Gasteiger partial charge in [0.2, 0.25) is 0 Å². The molecule has 0 saturated carbocycles. The molecule has 0 radical (unpaired) electrons. The lowest BCUT2D eigenvalue weighted by Crippen LogP contribution is -2.28. The Morgan fingerprint density at radius 1 is 1.15 bits per heavy atom. The van der Waals surface area contributed by atoms with Crippen molar-refractivity contribution in [2.24, 2.45) is 0 Å². The molecule has 0 saturated heterocycles. The average molecular weight is 354 g/mol. The van der Waals surface area contributed by atoms with Gasteiger partial charge in [-0.05, 0) is 41.8 Å². The number of nitrogens with one attached hydrogen (secondary N) is 1. The number of anilines is 1. The van der Waals surface area contributed by atoms with Crippen LogP contribution in [-0.2, 0) is 17.8 Å². The number of methoxy groups -OCH3 is 1. The van der Waals surface area contributed by atoms with E-state index in [-0.39, 0.29) is 12.5 Å². The third-order valence-electron chi connectivity index (χ3n) is 3.88. The molecule has 0 aliphatic heterocycles. The van der Waals surface area contributed by atoms with Crippen molar-refractivity contribution in [2.75, 3.05) is 32.7 Å². The predicted molar refractivity (Wildman–Crippen MR) is 105 cm³/mol. The summed E-state index contributed by atoms with van der Waals surface area (Å²) in [4.78, 5) is 14.1. The fourth-order valence-electron chi connectivity index (χ4n) is 2.46. The van der Waals surface area contributed by atoms with E-state index in [1.807, 2.05) is 67.5 Å². The highest BCUT2D eigenvalue weighted by atomic mass is 16.5. The van der Waals surface area contributed by atoms with Crippen molar-refractivity contribution in [1.82, 2.24) is 5.32 Å². The van der Waals surface area contributed by atoms with E-state index < -0.39 is 0 Å². The van der Waals surface area contributed by atoms with Gasteiger partial charge >= 0.3 is 0 Å². The molecule has 0 bridgehead atoms. The molecule has 0 aliphatic carbocycles.